The van der Waals surface area contributed by atoms with Crippen LogP contribution in [0.5, 0.6) is 11.5 Å². The summed E-state index contributed by atoms with van der Waals surface area (Å²) in [4.78, 5) is 28.6. The monoisotopic (exact) mass is 378 g/mol. The fraction of sp³-hybridized carbons (Fsp3) is 0.190. The minimum Gasteiger partial charge on any atom is -0.493 e. The van der Waals surface area contributed by atoms with Crippen molar-refractivity contribution in [2.24, 2.45) is 0 Å². The first-order valence-corrected chi connectivity index (χ1v) is 8.73. The van der Waals surface area contributed by atoms with Gasteiger partial charge >= 0.3 is 5.97 Å². The molecule has 0 aliphatic heterocycles. The molecule has 0 unspecified atom stereocenters. The highest BCUT2D eigenvalue weighted by Crippen LogP contribution is 2.33. The lowest BCUT2D eigenvalue weighted by molar-refractivity contribution is 0.0696. The molecular formula is C21H18N2O5. The molecule has 0 spiro atoms. The van der Waals surface area contributed by atoms with E-state index in [1.165, 1.54) is 16.7 Å². The zero-order valence-electron chi connectivity index (χ0n) is 15.4. The van der Waals surface area contributed by atoms with Crippen LogP contribution in [0.4, 0.5) is 0 Å². The molecule has 142 valence electrons. The Labute approximate surface area is 160 Å². The molecule has 0 saturated carbocycles. The number of ether oxygens (including phenoxy) is 2. The van der Waals surface area contributed by atoms with Gasteiger partial charge in [-0.05, 0) is 54.3 Å². The van der Waals surface area contributed by atoms with E-state index >= 15 is 0 Å². The molecule has 2 aromatic heterocycles. The van der Waals surface area contributed by atoms with Gasteiger partial charge in [-0.15, -0.1) is 0 Å². The summed E-state index contributed by atoms with van der Waals surface area (Å²) in [6.07, 6.45) is 4.57. The van der Waals surface area contributed by atoms with Gasteiger partial charge in [-0.25, -0.2) is 9.78 Å². The largest absolute Gasteiger partial charge is 0.493 e. The van der Waals surface area contributed by atoms with Gasteiger partial charge in [0.2, 0.25) is 0 Å². The summed E-state index contributed by atoms with van der Waals surface area (Å²) < 4.78 is 11.9. The Morgan fingerprint density at radius 3 is 2.64 bits per heavy atom. The number of pyridine rings is 1. The van der Waals surface area contributed by atoms with Crippen molar-refractivity contribution in [3.8, 4) is 11.5 Å². The van der Waals surface area contributed by atoms with Crippen LogP contribution in [0.3, 0.4) is 0 Å². The Morgan fingerprint density at radius 1 is 1.14 bits per heavy atom. The molecule has 1 N–H and O–H groups in total. The molecule has 3 aromatic rings. The fourth-order valence-corrected chi connectivity index (χ4v) is 3.46. The minimum absolute atomic E-state index is 0.0513. The third-order valence-electron chi connectivity index (χ3n) is 4.86. The highest BCUT2D eigenvalue weighted by Gasteiger charge is 2.23. The number of hydrogen-bond donors (Lipinski definition) is 1. The standard InChI is InChI=1S/C21H18N2O5/c1-27-16-7-3-12(10-17(16)28-2)9-13-4-6-15-19(13)22-18-8-5-14(21(25)26)11-23(18)20(15)24/h3,5,7-11H,4,6H2,1-2H3,(H,25,26)/b13-9-. The number of carboxylic acids is 1. The van der Waals surface area contributed by atoms with Gasteiger partial charge in [0.05, 0.1) is 25.5 Å². The van der Waals surface area contributed by atoms with Crippen molar-refractivity contribution in [1.82, 2.24) is 9.38 Å². The Bertz CT molecular complexity index is 1190. The number of nitrogens with zero attached hydrogens (tertiary/aromatic N) is 2. The molecule has 0 radical (unpaired) electrons. The number of rotatable bonds is 4. The van der Waals surface area contributed by atoms with Crippen LogP contribution in [0.2, 0.25) is 0 Å². The zero-order chi connectivity index (χ0) is 19.8. The number of benzene rings is 1. The molecule has 0 fully saturated rings. The van der Waals surface area contributed by atoms with Crippen LogP contribution in [0.15, 0.2) is 41.3 Å². The van der Waals surface area contributed by atoms with Crippen LogP contribution in [0, 0.1) is 0 Å². The van der Waals surface area contributed by atoms with Crippen molar-refractivity contribution in [2.75, 3.05) is 14.2 Å². The molecule has 1 aromatic carbocycles. The van der Waals surface area contributed by atoms with Gasteiger partial charge in [0, 0.05) is 11.8 Å². The molecular weight excluding hydrogens is 360 g/mol. The van der Waals surface area contributed by atoms with E-state index in [4.69, 9.17) is 14.6 Å². The Balaban J connectivity index is 1.82. The molecule has 2 heterocycles. The number of hydrogen-bond acceptors (Lipinski definition) is 5. The lowest BCUT2D eigenvalue weighted by Crippen LogP contribution is -2.20. The zero-order valence-corrected chi connectivity index (χ0v) is 15.4. The number of allylic oxidation sites excluding steroid dienone is 1. The minimum atomic E-state index is -1.08. The first kappa shape index (κ1) is 17.8. The molecule has 1 aliphatic rings. The van der Waals surface area contributed by atoms with Crippen LogP contribution < -0.4 is 15.0 Å². The van der Waals surface area contributed by atoms with Crippen LogP contribution >= 0.6 is 0 Å². The van der Waals surface area contributed by atoms with E-state index in [9.17, 15) is 9.59 Å². The number of fused-ring (bicyclic) bond motifs is 2. The Hall–Kier alpha value is -3.61. The van der Waals surface area contributed by atoms with Gasteiger partial charge in [-0.1, -0.05) is 6.07 Å². The normalized spacial score (nSPS) is 14.3. The summed E-state index contributed by atoms with van der Waals surface area (Å²) in [5.74, 6) is 0.194. The van der Waals surface area contributed by atoms with Crippen LogP contribution in [-0.4, -0.2) is 34.7 Å². The van der Waals surface area contributed by atoms with Gasteiger partial charge in [0.25, 0.3) is 5.56 Å². The van der Waals surface area contributed by atoms with Crippen LogP contribution in [0.25, 0.3) is 17.3 Å². The number of aromatic carboxylic acids is 1. The van der Waals surface area contributed by atoms with E-state index in [0.717, 1.165) is 11.1 Å². The van der Waals surface area contributed by atoms with Crippen molar-refractivity contribution in [3.63, 3.8) is 0 Å². The number of carboxylic acid groups (broad SMARTS) is 1. The molecule has 0 bridgehead atoms. The van der Waals surface area contributed by atoms with E-state index in [2.05, 4.69) is 4.98 Å². The predicted octanol–water partition coefficient (Wildman–Crippen LogP) is 2.90. The first-order valence-electron chi connectivity index (χ1n) is 8.73. The fourth-order valence-electron chi connectivity index (χ4n) is 3.46. The van der Waals surface area contributed by atoms with Gasteiger partial charge in [-0.3, -0.25) is 9.20 Å². The maximum atomic E-state index is 12.8. The number of carbonyl (C=O) groups is 1. The van der Waals surface area contributed by atoms with Crippen LogP contribution in [-0.2, 0) is 6.42 Å². The third kappa shape index (κ3) is 2.90. The summed E-state index contributed by atoms with van der Waals surface area (Å²) >= 11 is 0. The second-order valence-corrected chi connectivity index (χ2v) is 6.48. The molecule has 1 aliphatic carbocycles. The summed E-state index contributed by atoms with van der Waals surface area (Å²) in [5, 5.41) is 9.15. The summed E-state index contributed by atoms with van der Waals surface area (Å²) in [5.41, 5.74) is 3.41. The molecule has 28 heavy (non-hydrogen) atoms. The van der Waals surface area contributed by atoms with Crippen molar-refractivity contribution in [3.05, 3.63) is 69.3 Å². The van der Waals surface area contributed by atoms with Crippen molar-refractivity contribution in [1.29, 1.82) is 0 Å². The number of methoxy groups -OCH3 is 2. The predicted molar refractivity (Wildman–Crippen MR) is 104 cm³/mol. The van der Waals surface area contributed by atoms with E-state index in [1.807, 2.05) is 24.3 Å². The van der Waals surface area contributed by atoms with Crippen molar-refractivity contribution < 1.29 is 19.4 Å². The topological polar surface area (TPSA) is 90.1 Å². The maximum absolute atomic E-state index is 12.8. The highest BCUT2D eigenvalue weighted by molar-refractivity contribution is 5.88. The van der Waals surface area contributed by atoms with E-state index in [-0.39, 0.29) is 11.1 Å². The maximum Gasteiger partial charge on any atom is 0.337 e. The summed E-state index contributed by atoms with van der Waals surface area (Å²) in [7, 11) is 3.17. The Morgan fingerprint density at radius 2 is 1.93 bits per heavy atom. The summed E-state index contributed by atoms with van der Waals surface area (Å²) in [6, 6.07) is 8.62. The third-order valence-corrected chi connectivity index (χ3v) is 4.86. The molecule has 7 nitrogen and oxygen atoms in total. The highest BCUT2D eigenvalue weighted by atomic mass is 16.5. The van der Waals surface area contributed by atoms with E-state index in [0.29, 0.717) is 41.2 Å². The average molecular weight is 378 g/mol. The second-order valence-electron chi connectivity index (χ2n) is 6.48. The van der Waals surface area contributed by atoms with Gasteiger partial charge in [0.1, 0.15) is 5.65 Å². The number of aromatic nitrogens is 2. The van der Waals surface area contributed by atoms with Crippen molar-refractivity contribution in [2.45, 2.75) is 12.8 Å². The van der Waals surface area contributed by atoms with Crippen LogP contribution in [0.1, 0.15) is 33.6 Å². The van der Waals surface area contributed by atoms with E-state index in [1.54, 1.807) is 20.3 Å². The quantitative estimate of drug-likeness (QED) is 0.751. The lowest BCUT2D eigenvalue weighted by Gasteiger charge is -2.09. The second kappa shape index (κ2) is 6.84. The van der Waals surface area contributed by atoms with Gasteiger partial charge < -0.3 is 14.6 Å². The molecule has 4 rings (SSSR count). The van der Waals surface area contributed by atoms with Gasteiger partial charge in [0.15, 0.2) is 11.5 Å². The summed E-state index contributed by atoms with van der Waals surface area (Å²) in [6.45, 7) is 0. The molecule has 0 saturated heterocycles. The lowest BCUT2D eigenvalue weighted by atomic mass is 10.1. The first-order chi connectivity index (χ1) is 13.5. The Kier molecular flexibility index (Phi) is 4.35. The van der Waals surface area contributed by atoms with Gasteiger partial charge in [-0.2, -0.15) is 0 Å². The molecule has 7 heteroatoms. The molecule has 0 atom stereocenters. The smallest absolute Gasteiger partial charge is 0.337 e. The van der Waals surface area contributed by atoms with E-state index < -0.39 is 5.97 Å². The van der Waals surface area contributed by atoms with Crippen molar-refractivity contribution >= 4 is 23.3 Å². The molecule has 0 amide bonds. The average Bonchev–Trinajstić information content (AvgIpc) is 3.10. The SMILES string of the molecule is COc1ccc(/C=C2/CCc3c2nc2ccc(C(=O)O)cn2c3=O)cc1OC.